The number of carbonyl (C=O) groups excluding carboxylic acids is 1. The highest BCUT2D eigenvalue weighted by molar-refractivity contribution is 5.93. The van der Waals surface area contributed by atoms with E-state index in [9.17, 15) is 4.79 Å². The molecule has 0 fully saturated rings. The van der Waals surface area contributed by atoms with Crippen LogP contribution in [0.15, 0.2) is 60.7 Å². The Balaban J connectivity index is 0.000000171. The summed E-state index contributed by atoms with van der Waals surface area (Å²) in [5.74, 6) is 0.121. The minimum atomic E-state index is 0.121. The molecule has 2 aromatic rings. The molecule has 0 aromatic heterocycles. The highest BCUT2D eigenvalue weighted by Crippen LogP contribution is 1.97. The van der Waals surface area contributed by atoms with Crippen molar-refractivity contribution in [3.05, 3.63) is 71.8 Å². The van der Waals surface area contributed by atoms with Gasteiger partial charge in [0.25, 0.3) is 0 Å². The molecule has 0 heterocycles. The van der Waals surface area contributed by atoms with Crippen LogP contribution in [0.25, 0.3) is 0 Å². The number of aliphatic hydroxyl groups excluding tert-OH is 1. The predicted molar refractivity (Wildman–Crippen MR) is 68.8 cm³/mol. The third kappa shape index (κ3) is 5.09. The van der Waals surface area contributed by atoms with Gasteiger partial charge in [0.1, 0.15) is 0 Å². The SMILES string of the molecule is CC(=O)c1ccccc1.OCc1ccccc1. The molecule has 88 valence electrons. The maximum Gasteiger partial charge on any atom is 0.159 e. The molecule has 2 heteroatoms. The van der Waals surface area contributed by atoms with Crippen molar-refractivity contribution in [3.63, 3.8) is 0 Å². The fourth-order valence-electron chi connectivity index (χ4n) is 1.26. The van der Waals surface area contributed by atoms with Gasteiger partial charge in [-0.1, -0.05) is 60.7 Å². The average molecular weight is 228 g/mol. The van der Waals surface area contributed by atoms with Crippen LogP contribution in [0.4, 0.5) is 0 Å². The monoisotopic (exact) mass is 228 g/mol. The van der Waals surface area contributed by atoms with Crippen LogP contribution < -0.4 is 0 Å². The average Bonchev–Trinajstić information content (AvgIpc) is 2.41. The van der Waals surface area contributed by atoms with E-state index in [1.165, 1.54) is 0 Å². The smallest absolute Gasteiger partial charge is 0.159 e. The second-order valence-electron chi connectivity index (χ2n) is 3.57. The van der Waals surface area contributed by atoms with Crippen LogP contribution in [0.2, 0.25) is 0 Å². The van der Waals surface area contributed by atoms with Gasteiger partial charge in [0, 0.05) is 5.56 Å². The molecule has 0 aliphatic carbocycles. The number of ketones is 1. The summed E-state index contributed by atoms with van der Waals surface area (Å²) in [6.07, 6.45) is 0. The third-order valence-electron chi connectivity index (χ3n) is 2.21. The summed E-state index contributed by atoms with van der Waals surface area (Å²) in [7, 11) is 0. The van der Waals surface area contributed by atoms with Gasteiger partial charge in [0.05, 0.1) is 6.61 Å². The molecular formula is C15H16O2. The maximum absolute atomic E-state index is 10.6. The van der Waals surface area contributed by atoms with Crippen molar-refractivity contribution in [3.8, 4) is 0 Å². The molecule has 2 nitrogen and oxygen atoms in total. The van der Waals surface area contributed by atoms with Crippen LogP contribution >= 0.6 is 0 Å². The molecule has 2 rings (SSSR count). The van der Waals surface area contributed by atoms with Crippen LogP contribution in [0, 0.1) is 0 Å². The van der Waals surface area contributed by atoms with Crippen LogP contribution in [0.3, 0.4) is 0 Å². The molecule has 0 aliphatic rings. The molecule has 0 atom stereocenters. The molecule has 0 amide bonds. The zero-order valence-electron chi connectivity index (χ0n) is 9.84. The fourth-order valence-corrected chi connectivity index (χ4v) is 1.26. The van der Waals surface area contributed by atoms with E-state index in [0.717, 1.165) is 11.1 Å². The summed E-state index contributed by atoms with van der Waals surface area (Å²) in [6, 6.07) is 18.8. The molecule has 0 unspecified atom stereocenters. The number of benzene rings is 2. The van der Waals surface area contributed by atoms with Gasteiger partial charge < -0.3 is 5.11 Å². The number of carbonyl (C=O) groups is 1. The standard InChI is InChI=1S/C8H8O.C7H8O/c1-7(9)8-5-3-2-4-6-8;8-6-7-4-2-1-3-5-7/h2-6H,1H3;1-5,8H,6H2. The van der Waals surface area contributed by atoms with Crippen LogP contribution in [-0.2, 0) is 6.61 Å². The Labute approximate surface area is 102 Å². The molecule has 0 radical (unpaired) electrons. The topological polar surface area (TPSA) is 37.3 Å². The van der Waals surface area contributed by atoms with Gasteiger partial charge in [-0.05, 0) is 12.5 Å². The van der Waals surface area contributed by atoms with Crippen molar-refractivity contribution in [1.29, 1.82) is 0 Å². The zero-order chi connectivity index (χ0) is 12.5. The van der Waals surface area contributed by atoms with E-state index in [-0.39, 0.29) is 12.4 Å². The van der Waals surface area contributed by atoms with E-state index < -0.39 is 0 Å². The number of hydrogen-bond acceptors (Lipinski definition) is 2. The first kappa shape index (κ1) is 13.1. The lowest BCUT2D eigenvalue weighted by molar-refractivity contribution is 0.101. The van der Waals surface area contributed by atoms with Gasteiger partial charge in [-0.25, -0.2) is 0 Å². The lowest BCUT2D eigenvalue weighted by Crippen LogP contribution is -1.88. The van der Waals surface area contributed by atoms with Crippen molar-refractivity contribution in [2.45, 2.75) is 13.5 Å². The zero-order valence-corrected chi connectivity index (χ0v) is 9.84. The predicted octanol–water partition coefficient (Wildman–Crippen LogP) is 3.07. The van der Waals surface area contributed by atoms with Crippen molar-refractivity contribution >= 4 is 5.78 Å². The third-order valence-corrected chi connectivity index (χ3v) is 2.21. The van der Waals surface area contributed by atoms with Crippen molar-refractivity contribution in [2.24, 2.45) is 0 Å². The van der Waals surface area contributed by atoms with E-state index in [1.54, 1.807) is 6.92 Å². The summed E-state index contributed by atoms with van der Waals surface area (Å²) in [6.45, 7) is 1.70. The Hall–Kier alpha value is -1.93. The Morgan fingerprint density at radius 3 is 1.71 bits per heavy atom. The summed E-state index contributed by atoms with van der Waals surface area (Å²) in [5, 5.41) is 8.54. The van der Waals surface area contributed by atoms with Gasteiger partial charge >= 0.3 is 0 Å². The second-order valence-corrected chi connectivity index (χ2v) is 3.57. The molecule has 0 bridgehead atoms. The van der Waals surface area contributed by atoms with Crippen LogP contribution in [0.1, 0.15) is 22.8 Å². The van der Waals surface area contributed by atoms with Gasteiger partial charge in [-0.3, -0.25) is 4.79 Å². The van der Waals surface area contributed by atoms with E-state index in [4.69, 9.17) is 5.11 Å². The lowest BCUT2D eigenvalue weighted by atomic mass is 10.2. The molecular weight excluding hydrogens is 212 g/mol. The molecule has 2 aromatic carbocycles. The lowest BCUT2D eigenvalue weighted by Gasteiger charge is -1.89. The Morgan fingerprint density at radius 2 is 1.41 bits per heavy atom. The summed E-state index contributed by atoms with van der Waals surface area (Å²) in [4.78, 5) is 10.6. The molecule has 0 spiro atoms. The second kappa shape index (κ2) is 7.36. The number of aliphatic hydroxyl groups is 1. The largest absolute Gasteiger partial charge is 0.392 e. The Bertz CT molecular complexity index is 435. The van der Waals surface area contributed by atoms with E-state index >= 15 is 0 Å². The van der Waals surface area contributed by atoms with E-state index in [1.807, 2.05) is 60.7 Å². The summed E-state index contributed by atoms with van der Waals surface area (Å²) in [5.41, 5.74) is 1.74. The van der Waals surface area contributed by atoms with Crippen molar-refractivity contribution in [1.82, 2.24) is 0 Å². The first-order chi connectivity index (χ1) is 8.24. The number of hydrogen-bond donors (Lipinski definition) is 1. The molecule has 0 saturated heterocycles. The van der Waals surface area contributed by atoms with Crippen molar-refractivity contribution in [2.75, 3.05) is 0 Å². The van der Waals surface area contributed by atoms with Gasteiger partial charge in [0.15, 0.2) is 5.78 Å². The van der Waals surface area contributed by atoms with Gasteiger partial charge in [0.2, 0.25) is 0 Å². The summed E-state index contributed by atoms with van der Waals surface area (Å²) >= 11 is 0. The normalized spacial score (nSPS) is 9.06. The fraction of sp³-hybridized carbons (Fsp3) is 0.133. The van der Waals surface area contributed by atoms with Crippen LogP contribution in [0.5, 0.6) is 0 Å². The quantitative estimate of drug-likeness (QED) is 0.802. The van der Waals surface area contributed by atoms with E-state index in [0.29, 0.717) is 0 Å². The van der Waals surface area contributed by atoms with E-state index in [2.05, 4.69) is 0 Å². The minimum absolute atomic E-state index is 0.121. The number of rotatable bonds is 2. The molecule has 0 aliphatic heterocycles. The first-order valence-electron chi connectivity index (χ1n) is 5.45. The molecule has 0 saturated carbocycles. The van der Waals surface area contributed by atoms with Gasteiger partial charge in [-0.2, -0.15) is 0 Å². The molecule has 17 heavy (non-hydrogen) atoms. The highest BCUT2D eigenvalue weighted by Gasteiger charge is 1.92. The molecule has 1 N–H and O–H groups in total. The first-order valence-corrected chi connectivity index (χ1v) is 5.45. The van der Waals surface area contributed by atoms with Crippen molar-refractivity contribution < 1.29 is 9.90 Å². The summed E-state index contributed by atoms with van der Waals surface area (Å²) < 4.78 is 0. The highest BCUT2D eigenvalue weighted by atomic mass is 16.3. The Morgan fingerprint density at radius 1 is 0.941 bits per heavy atom. The van der Waals surface area contributed by atoms with Gasteiger partial charge in [-0.15, -0.1) is 0 Å². The Kier molecular flexibility index (Phi) is 5.69. The maximum atomic E-state index is 10.6. The van der Waals surface area contributed by atoms with Crippen LogP contribution in [-0.4, -0.2) is 10.9 Å². The minimum Gasteiger partial charge on any atom is -0.392 e. The number of Topliss-reactive ketones (excluding diaryl/α,β-unsaturated/α-hetero) is 1.